The summed E-state index contributed by atoms with van der Waals surface area (Å²) in [6.07, 6.45) is 3.83. The maximum Gasteiger partial charge on any atom is 0.167 e. The fraction of sp³-hybridized carbons (Fsp3) is 0.364. The van der Waals surface area contributed by atoms with Gasteiger partial charge < -0.3 is 4.74 Å². The molecule has 0 saturated heterocycles. The smallest absolute Gasteiger partial charge is 0.167 e. The number of fused-ring (bicyclic) bond motifs is 3. The van der Waals surface area contributed by atoms with Crippen LogP contribution in [0.2, 0.25) is 0 Å². The monoisotopic (exact) mass is 376 g/mol. The highest BCUT2D eigenvalue weighted by molar-refractivity contribution is 5.81. The van der Waals surface area contributed by atoms with E-state index in [9.17, 15) is 17.6 Å². The minimum atomic E-state index is -1.12. The minimum Gasteiger partial charge on any atom is -0.373 e. The normalized spacial score (nSPS) is 18.3. The Labute approximate surface area is 155 Å². The second-order valence-electron chi connectivity index (χ2n) is 7.30. The highest BCUT2D eigenvalue weighted by atomic mass is 19.2. The zero-order valence-corrected chi connectivity index (χ0v) is 15.3. The Morgan fingerprint density at radius 2 is 1.63 bits per heavy atom. The third-order valence-electron chi connectivity index (χ3n) is 5.37. The summed E-state index contributed by atoms with van der Waals surface area (Å²) in [6.45, 7) is 3.99. The van der Waals surface area contributed by atoms with E-state index in [-0.39, 0.29) is 41.4 Å². The number of aryl methyl sites for hydroxylation is 1. The molecule has 2 aromatic rings. The van der Waals surface area contributed by atoms with Crippen molar-refractivity contribution in [1.29, 1.82) is 0 Å². The van der Waals surface area contributed by atoms with Crippen LogP contribution in [0.1, 0.15) is 48.9 Å². The molecular formula is C22H20F4O. The van der Waals surface area contributed by atoms with E-state index in [1.165, 1.54) is 0 Å². The van der Waals surface area contributed by atoms with Gasteiger partial charge in [0.2, 0.25) is 0 Å². The molecule has 0 spiro atoms. The van der Waals surface area contributed by atoms with Crippen LogP contribution < -0.4 is 0 Å². The fourth-order valence-corrected chi connectivity index (χ4v) is 3.98. The molecule has 0 N–H and O–H groups in total. The van der Waals surface area contributed by atoms with E-state index in [2.05, 4.69) is 0 Å². The molecule has 1 heterocycles. The van der Waals surface area contributed by atoms with E-state index in [1.807, 2.05) is 19.9 Å². The topological polar surface area (TPSA) is 9.23 Å². The van der Waals surface area contributed by atoms with E-state index >= 15 is 0 Å². The number of ether oxygens (including phenoxy) is 1. The van der Waals surface area contributed by atoms with Crippen LogP contribution in [0.25, 0.3) is 16.7 Å². The summed E-state index contributed by atoms with van der Waals surface area (Å²) >= 11 is 0. The molecule has 1 aliphatic carbocycles. The van der Waals surface area contributed by atoms with Gasteiger partial charge in [0, 0.05) is 16.7 Å². The average molecular weight is 376 g/mol. The van der Waals surface area contributed by atoms with Gasteiger partial charge in [-0.25, -0.2) is 17.6 Å². The molecule has 0 bridgehead atoms. The quantitative estimate of drug-likeness (QED) is 0.513. The first kappa shape index (κ1) is 18.2. The van der Waals surface area contributed by atoms with Crippen LogP contribution in [0.4, 0.5) is 17.6 Å². The van der Waals surface area contributed by atoms with E-state index in [0.717, 1.165) is 0 Å². The molecule has 142 valence electrons. The van der Waals surface area contributed by atoms with Crippen molar-refractivity contribution >= 4 is 5.57 Å². The maximum absolute atomic E-state index is 14.9. The molecule has 5 heteroatoms. The summed E-state index contributed by atoms with van der Waals surface area (Å²) in [5, 5.41) is 0. The van der Waals surface area contributed by atoms with Gasteiger partial charge in [-0.1, -0.05) is 25.5 Å². The van der Waals surface area contributed by atoms with Crippen molar-refractivity contribution in [3.63, 3.8) is 0 Å². The number of benzene rings is 2. The fourth-order valence-electron chi connectivity index (χ4n) is 3.98. The van der Waals surface area contributed by atoms with Crippen LogP contribution in [0.3, 0.4) is 0 Å². The lowest BCUT2D eigenvalue weighted by Crippen LogP contribution is -2.15. The number of halogens is 4. The molecule has 27 heavy (non-hydrogen) atoms. The Bertz CT molecular complexity index is 962. The maximum atomic E-state index is 14.9. The Morgan fingerprint density at radius 1 is 0.963 bits per heavy atom. The lowest BCUT2D eigenvalue weighted by molar-refractivity contribution is 0.0871. The van der Waals surface area contributed by atoms with Crippen molar-refractivity contribution < 1.29 is 22.3 Å². The Balaban J connectivity index is 1.86. The molecule has 1 atom stereocenters. The minimum absolute atomic E-state index is 0.0365. The molecule has 2 aromatic carbocycles. The van der Waals surface area contributed by atoms with Gasteiger partial charge in [-0.05, 0) is 54.5 Å². The number of hydrogen-bond donors (Lipinski definition) is 0. The zero-order valence-electron chi connectivity index (χ0n) is 15.3. The average Bonchev–Trinajstić information content (AvgIpc) is 3.02. The molecule has 1 aliphatic heterocycles. The molecular weight excluding hydrogens is 356 g/mol. The highest BCUT2D eigenvalue weighted by Gasteiger charge is 2.32. The summed E-state index contributed by atoms with van der Waals surface area (Å²) in [6, 6.07) is 3.13. The first-order valence-corrected chi connectivity index (χ1v) is 9.24. The predicted octanol–water partition coefficient (Wildman–Crippen LogP) is 5.96. The summed E-state index contributed by atoms with van der Waals surface area (Å²) in [5.41, 5.74) is 1.68. The molecule has 0 saturated carbocycles. The second kappa shape index (κ2) is 6.79. The first-order chi connectivity index (χ1) is 12.9. The molecule has 1 nitrogen and oxygen atoms in total. The van der Waals surface area contributed by atoms with Crippen LogP contribution in [0.15, 0.2) is 18.2 Å². The van der Waals surface area contributed by atoms with Gasteiger partial charge in [0.1, 0.15) is 0 Å². The molecule has 0 aromatic heterocycles. The van der Waals surface area contributed by atoms with Crippen molar-refractivity contribution in [3.05, 3.63) is 63.7 Å². The second-order valence-corrected chi connectivity index (χ2v) is 7.30. The van der Waals surface area contributed by atoms with Gasteiger partial charge >= 0.3 is 0 Å². The van der Waals surface area contributed by atoms with Crippen LogP contribution in [-0.4, -0.2) is 12.7 Å². The highest BCUT2D eigenvalue weighted by Crippen LogP contribution is 2.44. The van der Waals surface area contributed by atoms with Gasteiger partial charge in [0.15, 0.2) is 23.3 Å². The van der Waals surface area contributed by atoms with Crippen LogP contribution in [0.5, 0.6) is 0 Å². The SMILES string of the molecule is CCCc1cc2c(c(F)c1F)-c1c(cc(C3=CCC(C)OC3)c(F)c1F)C2. The van der Waals surface area contributed by atoms with Crippen molar-refractivity contribution in [1.82, 2.24) is 0 Å². The lowest BCUT2D eigenvalue weighted by Gasteiger charge is -2.21. The predicted molar refractivity (Wildman–Crippen MR) is 96.5 cm³/mol. The van der Waals surface area contributed by atoms with E-state index in [4.69, 9.17) is 4.74 Å². The molecule has 0 radical (unpaired) electrons. The molecule has 4 rings (SSSR count). The Morgan fingerprint density at radius 3 is 2.26 bits per heavy atom. The van der Waals surface area contributed by atoms with Crippen molar-refractivity contribution in [3.8, 4) is 11.1 Å². The van der Waals surface area contributed by atoms with Gasteiger partial charge in [-0.2, -0.15) is 0 Å². The molecule has 0 amide bonds. The molecule has 2 aliphatic rings. The lowest BCUT2D eigenvalue weighted by atomic mass is 9.95. The van der Waals surface area contributed by atoms with Crippen molar-refractivity contribution in [2.45, 2.75) is 45.6 Å². The van der Waals surface area contributed by atoms with E-state index < -0.39 is 23.3 Å². The van der Waals surface area contributed by atoms with Crippen LogP contribution in [0, 0.1) is 23.3 Å². The summed E-state index contributed by atoms with van der Waals surface area (Å²) in [5.74, 6) is -4.22. The van der Waals surface area contributed by atoms with Gasteiger partial charge in [0.25, 0.3) is 0 Å². The largest absolute Gasteiger partial charge is 0.373 e. The standard InChI is InChI=1S/C22H20F4O/c1-3-4-12-7-14-8-15-9-16(13-6-5-11(2)27-10-13)20(24)22(26)18(15)17(14)21(25)19(12)23/h6-7,9,11H,3-5,8,10H2,1-2H3. The number of hydrogen-bond acceptors (Lipinski definition) is 1. The van der Waals surface area contributed by atoms with Crippen molar-refractivity contribution in [2.24, 2.45) is 0 Å². The summed E-state index contributed by atoms with van der Waals surface area (Å²) in [7, 11) is 0. The van der Waals surface area contributed by atoms with E-state index in [0.29, 0.717) is 36.0 Å². The van der Waals surface area contributed by atoms with Gasteiger partial charge in [-0.15, -0.1) is 0 Å². The van der Waals surface area contributed by atoms with Gasteiger partial charge in [0.05, 0.1) is 12.7 Å². The van der Waals surface area contributed by atoms with Crippen LogP contribution in [-0.2, 0) is 17.6 Å². The molecule has 1 unspecified atom stereocenters. The Hall–Kier alpha value is -2.14. The number of rotatable bonds is 3. The van der Waals surface area contributed by atoms with Gasteiger partial charge in [-0.3, -0.25) is 0 Å². The van der Waals surface area contributed by atoms with Crippen LogP contribution >= 0.6 is 0 Å². The van der Waals surface area contributed by atoms with Crippen molar-refractivity contribution in [2.75, 3.05) is 6.61 Å². The zero-order chi connectivity index (χ0) is 19.3. The van der Waals surface area contributed by atoms with E-state index in [1.54, 1.807) is 12.1 Å². The Kier molecular flexibility index (Phi) is 4.58. The molecule has 0 fully saturated rings. The third kappa shape index (κ3) is 2.89. The summed E-state index contributed by atoms with van der Waals surface area (Å²) < 4.78 is 64.3. The summed E-state index contributed by atoms with van der Waals surface area (Å²) in [4.78, 5) is 0. The first-order valence-electron chi connectivity index (χ1n) is 9.24. The third-order valence-corrected chi connectivity index (χ3v) is 5.37.